The van der Waals surface area contributed by atoms with Gasteiger partial charge in [-0.25, -0.2) is 0 Å². The highest BCUT2D eigenvalue weighted by atomic mass is 16.5. The molecule has 2 aliphatic heterocycles. The van der Waals surface area contributed by atoms with Crippen molar-refractivity contribution >= 4 is 0 Å². The van der Waals surface area contributed by atoms with Crippen LogP contribution in [0.1, 0.15) is 44.4 Å². The summed E-state index contributed by atoms with van der Waals surface area (Å²) in [5.41, 5.74) is 4.27. The minimum Gasteiger partial charge on any atom is -0.367 e. The fourth-order valence-electron chi connectivity index (χ4n) is 3.95. The number of fused-ring (bicyclic) bond motifs is 1. The molecular formula is C18H28N2O. The van der Waals surface area contributed by atoms with Crippen molar-refractivity contribution in [3.63, 3.8) is 0 Å². The first-order valence-corrected chi connectivity index (χ1v) is 8.07. The van der Waals surface area contributed by atoms with Crippen molar-refractivity contribution in [2.75, 3.05) is 19.6 Å². The van der Waals surface area contributed by atoms with Crippen LogP contribution in [0.2, 0.25) is 0 Å². The van der Waals surface area contributed by atoms with Gasteiger partial charge in [0.05, 0.1) is 11.2 Å². The van der Waals surface area contributed by atoms with E-state index < -0.39 is 0 Å². The highest BCUT2D eigenvalue weighted by Gasteiger charge is 2.37. The first-order valence-electron chi connectivity index (χ1n) is 8.07. The lowest BCUT2D eigenvalue weighted by atomic mass is 9.96. The molecule has 0 spiro atoms. The second kappa shape index (κ2) is 5.38. The summed E-state index contributed by atoms with van der Waals surface area (Å²) in [5.74, 6) is 0. The van der Waals surface area contributed by atoms with E-state index in [1.807, 2.05) is 0 Å². The average Bonchev–Trinajstić information content (AvgIpc) is 2.34. The van der Waals surface area contributed by atoms with Crippen molar-refractivity contribution in [1.82, 2.24) is 10.2 Å². The Bertz CT molecular complexity index is 506. The molecule has 0 unspecified atom stereocenters. The maximum Gasteiger partial charge on any atom is 0.0760 e. The van der Waals surface area contributed by atoms with Crippen LogP contribution < -0.4 is 5.32 Å². The van der Waals surface area contributed by atoms with Gasteiger partial charge in [0.2, 0.25) is 0 Å². The Kier molecular flexibility index (Phi) is 3.85. The van der Waals surface area contributed by atoms with Crippen LogP contribution in [0.25, 0.3) is 0 Å². The predicted molar refractivity (Wildman–Crippen MR) is 86.4 cm³/mol. The van der Waals surface area contributed by atoms with E-state index in [-0.39, 0.29) is 11.2 Å². The zero-order chi connectivity index (χ0) is 15.1. The van der Waals surface area contributed by atoms with Gasteiger partial charge in [-0.05, 0) is 57.4 Å². The first-order chi connectivity index (χ1) is 9.83. The molecule has 3 heteroatoms. The standard InChI is InChI=1S/C18H28N2O/c1-17(2)12-20(13-18(3,4)21-17)11-14-5-6-15-7-8-19-10-16(15)9-14/h5-6,9,19H,7-8,10-13H2,1-4H3. The smallest absolute Gasteiger partial charge is 0.0760 e. The number of morpholine rings is 1. The van der Waals surface area contributed by atoms with Gasteiger partial charge in [-0.1, -0.05) is 18.2 Å². The number of nitrogens with one attached hydrogen (secondary N) is 1. The average molecular weight is 288 g/mol. The van der Waals surface area contributed by atoms with Gasteiger partial charge in [-0.2, -0.15) is 0 Å². The third-order valence-electron chi connectivity index (χ3n) is 4.32. The van der Waals surface area contributed by atoms with Crippen LogP contribution in [-0.2, 0) is 24.2 Å². The largest absolute Gasteiger partial charge is 0.367 e. The van der Waals surface area contributed by atoms with E-state index in [9.17, 15) is 0 Å². The van der Waals surface area contributed by atoms with E-state index in [0.29, 0.717) is 0 Å². The van der Waals surface area contributed by atoms with Crippen molar-refractivity contribution in [1.29, 1.82) is 0 Å². The van der Waals surface area contributed by atoms with Gasteiger partial charge in [-0.15, -0.1) is 0 Å². The van der Waals surface area contributed by atoms with E-state index in [4.69, 9.17) is 4.74 Å². The topological polar surface area (TPSA) is 24.5 Å². The van der Waals surface area contributed by atoms with Crippen molar-refractivity contribution in [3.05, 3.63) is 34.9 Å². The van der Waals surface area contributed by atoms with Crippen molar-refractivity contribution in [2.24, 2.45) is 0 Å². The predicted octanol–water partition coefficient (Wildman–Crippen LogP) is 2.72. The fourth-order valence-corrected chi connectivity index (χ4v) is 3.95. The van der Waals surface area contributed by atoms with Crippen LogP contribution in [0, 0.1) is 0 Å². The number of rotatable bonds is 2. The highest BCUT2D eigenvalue weighted by Crippen LogP contribution is 2.29. The van der Waals surface area contributed by atoms with E-state index in [2.05, 4.69) is 56.1 Å². The summed E-state index contributed by atoms with van der Waals surface area (Å²) in [6, 6.07) is 7.01. The van der Waals surface area contributed by atoms with E-state index in [1.165, 1.54) is 16.7 Å². The van der Waals surface area contributed by atoms with Gasteiger partial charge in [-0.3, -0.25) is 4.90 Å². The van der Waals surface area contributed by atoms with Gasteiger partial charge >= 0.3 is 0 Å². The van der Waals surface area contributed by atoms with Crippen LogP contribution in [0.15, 0.2) is 18.2 Å². The summed E-state index contributed by atoms with van der Waals surface area (Å²) in [7, 11) is 0. The molecule has 0 saturated carbocycles. The fraction of sp³-hybridized carbons (Fsp3) is 0.667. The van der Waals surface area contributed by atoms with Crippen molar-refractivity contribution in [2.45, 2.75) is 58.4 Å². The normalized spacial score (nSPS) is 24.6. The molecule has 0 aromatic heterocycles. The summed E-state index contributed by atoms with van der Waals surface area (Å²) in [5, 5.41) is 3.46. The molecule has 1 saturated heterocycles. The Hall–Kier alpha value is -0.900. The lowest BCUT2D eigenvalue weighted by Crippen LogP contribution is -2.56. The van der Waals surface area contributed by atoms with Crippen LogP contribution in [0.5, 0.6) is 0 Å². The summed E-state index contributed by atoms with van der Waals surface area (Å²) >= 11 is 0. The Morgan fingerprint density at radius 3 is 2.52 bits per heavy atom. The van der Waals surface area contributed by atoms with Crippen LogP contribution in [0.4, 0.5) is 0 Å². The third-order valence-corrected chi connectivity index (χ3v) is 4.32. The van der Waals surface area contributed by atoms with E-state index in [1.54, 1.807) is 0 Å². The number of benzene rings is 1. The number of hydrogen-bond acceptors (Lipinski definition) is 3. The number of nitrogens with zero attached hydrogens (tertiary/aromatic N) is 1. The molecule has 2 aliphatic rings. The van der Waals surface area contributed by atoms with Gasteiger partial charge in [0.15, 0.2) is 0 Å². The lowest BCUT2D eigenvalue weighted by molar-refractivity contribution is -0.182. The second-order valence-corrected chi connectivity index (χ2v) is 7.80. The quantitative estimate of drug-likeness (QED) is 0.905. The summed E-state index contributed by atoms with van der Waals surface area (Å²) in [6.07, 6.45) is 1.16. The molecule has 21 heavy (non-hydrogen) atoms. The van der Waals surface area contributed by atoms with Gasteiger partial charge in [0.1, 0.15) is 0 Å². The van der Waals surface area contributed by atoms with E-state index in [0.717, 1.165) is 39.1 Å². The minimum atomic E-state index is -0.0719. The Morgan fingerprint density at radius 2 is 1.81 bits per heavy atom. The van der Waals surface area contributed by atoms with Crippen LogP contribution in [0.3, 0.4) is 0 Å². The van der Waals surface area contributed by atoms with Gasteiger partial charge in [0, 0.05) is 26.2 Å². The summed E-state index contributed by atoms with van der Waals surface area (Å²) < 4.78 is 6.17. The van der Waals surface area contributed by atoms with Gasteiger partial charge < -0.3 is 10.1 Å². The molecule has 0 aliphatic carbocycles. The van der Waals surface area contributed by atoms with Crippen molar-refractivity contribution < 1.29 is 4.74 Å². The molecule has 3 rings (SSSR count). The monoisotopic (exact) mass is 288 g/mol. The van der Waals surface area contributed by atoms with Crippen LogP contribution >= 0.6 is 0 Å². The molecule has 0 bridgehead atoms. The third kappa shape index (κ3) is 3.65. The molecule has 3 nitrogen and oxygen atoms in total. The lowest BCUT2D eigenvalue weighted by Gasteiger charge is -2.47. The minimum absolute atomic E-state index is 0.0719. The SMILES string of the molecule is CC1(C)CN(Cc2ccc3c(c2)CNCC3)CC(C)(C)O1. The molecule has 0 atom stereocenters. The summed E-state index contributed by atoms with van der Waals surface area (Å²) in [6.45, 7) is 13.9. The summed E-state index contributed by atoms with van der Waals surface area (Å²) in [4.78, 5) is 2.53. The van der Waals surface area contributed by atoms with Crippen LogP contribution in [-0.4, -0.2) is 35.7 Å². The maximum absolute atomic E-state index is 6.17. The first kappa shape index (κ1) is 15.0. The Morgan fingerprint density at radius 1 is 1.10 bits per heavy atom. The maximum atomic E-state index is 6.17. The molecule has 1 aromatic rings. The van der Waals surface area contributed by atoms with E-state index >= 15 is 0 Å². The number of hydrogen-bond donors (Lipinski definition) is 1. The second-order valence-electron chi connectivity index (χ2n) is 7.80. The zero-order valence-corrected chi connectivity index (χ0v) is 13.8. The molecule has 2 heterocycles. The molecule has 0 amide bonds. The highest BCUT2D eigenvalue weighted by molar-refractivity contribution is 5.33. The molecular weight excluding hydrogens is 260 g/mol. The molecule has 116 valence electrons. The van der Waals surface area contributed by atoms with Gasteiger partial charge in [0.25, 0.3) is 0 Å². The zero-order valence-electron chi connectivity index (χ0n) is 13.8. The molecule has 1 N–H and O–H groups in total. The number of ether oxygens (including phenoxy) is 1. The Balaban J connectivity index is 1.74. The molecule has 1 fully saturated rings. The molecule has 1 aromatic carbocycles. The van der Waals surface area contributed by atoms with Crippen molar-refractivity contribution in [3.8, 4) is 0 Å². The molecule has 0 radical (unpaired) electrons. The Labute approximate surface area is 128 Å².